The van der Waals surface area contributed by atoms with Crippen molar-refractivity contribution in [2.45, 2.75) is 30.4 Å². The first-order valence-electron chi connectivity index (χ1n) is 11.0. The minimum Gasteiger partial charge on any atom is -0.383 e. The van der Waals surface area contributed by atoms with Gasteiger partial charge in [-0.25, -0.2) is 13.4 Å². The SMILES string of the molecule is COCCN(Cc1cnc(S(=O)(=O)Cc2ccccc2)n1CCOC)C(=O)Cc1ccccc1. The van der Waals surface area contributed by atoms with Crippen LogP contribution >= 0.6 is 0 Å². The Hall–Kier alpha value is -3.01. The third-order valence-corrected chi connectivity index (χ3v) is 6.96. The molecule has 0 saturated carbocycles. The van der Waals surface area contributed by atoms with Gasteiger partial charge < -0.3 is 18.9 Å². The molecule has 9 heteroatoms. The van der Waals surface area contributed by atoms with Gasteiger partial charge in [-0.2, -0.15) is 0 Å². The Balaban J connectivity index is 1.87. The average Bonchev–Trinajstić information content (AvgIpc) is 3.24. The maximum Gasteiger partial charge on any atom is 0.228 e. The molecule has 3 aromatic rings. The van der Waals surface area contributed by atoms with E-state index in [9.17, 15) is 13.2 Å². The molecular formula is C25H31N3O5S. The lowest BCUT2D eigenvalue weighted by Crippen LogP contribution is -2.35. The molecule has 0 aliphatic heterocycles. The van der Waals surface area contributed by atoms with Crippen LogP contribution < -0.4 is 0 Å². The first-order chi connectivity index (χ1) is 16.4. The number of aromatic nitrogens is 2. The third-order valence-electron chi connectivity index (χ3n) is 5.37. The van der Waals surface area contributed by atoms with Crippen LogP contribution in [0.25, 0.3) is 0 Å². The van der Waals surface area contributed by atoms with Gasteiger partial charge in [0.05, 0.1) is 43.8 Å². The summed E-state index contributed by atoms with van der Waals surface area (Å²) >= 11 is 0. The van der Waals surface area contributed by atoms with Gasteiger partial charge in [0, 0.05) is 27.3 Å². The number of ether oxygens (including phenoxy) is 2. The number of sulfone groups is 1. The van der Waals surface area contributed by atoms with Gasteiger partial charge in [-0.05, 0) is 11.1 Å². The lowest BCUT2D eigenvalue weighted by molar-refractivity contribution is -0.131. The molecule has 0 aliphatic rings. The molecule has 1 heterocycles. The van der Waals surface area contributed by atoms with Gasteiger partial charge in [-0.3, -0.25) is 4.79 Å². The summed E-state index contributed by atoms with van der Waals surface area (Å²) in [5.74, 6) is -0.228. The predicted molar refractivity (Wildman–Crippen MR) is 129 cm³/mol. The summed E-state index contributed by atoms with van der Waals surface area (Å²) in [4.78, 5) is 19.0. The highest BCUT2D eigenvalue weighted by Gasteiger charge is 2.25. The van der Waals surface area contributed by atoms with Crippen molar-refractivity contribution < 1.29 is 22.7 Å². The first kappa shape index (κ1) is 25.6. The van der Waals surface area contributed by atoms with Crippen LogP contribution in [-0.4, -0.2) is 62.8 Å². The summed E-state index contributed by atoms with van der Waals surface area (Å²) in [5, 5.41) is -0.0226. The monoisotopic (exact) mass is 485 g/mol. The minimum atomic E-state index is -3.71. The molecule has 0 saturated heterocycles. The van der Waals surface area contributed by atoms with Crippen LogP contribution in [0.15, 0.2) is 72.0 Å². The number of benzene rings is 2. The normalized spacial score (nSPS) is 11.5. The van der Waals surface area contributed by atoms with E-state index in [1.807, 2.05) is 36.4 Å². The zero-order valence-corrected chi connectivity index (χ0v) is 20.4. The Morgan fingerprint density at radius 3 is 2.18 bits per heavy atom. The highest BCUT2D eigenvalue weighted by atomic mass is 32.2. The van der Waals surface area contributed by atoms with E-state index in [0.29, 0.717) is 37.6 Å². The number of hydrogen-bond donors (Lipinski definition) is 0. The van der Waals surface area contributed by atoms with Gasteiger partial charge in [0.15, 0.2) is 0 Å². The molecular weight excluding hydrogens is 454 g/mol. The van der Waals surface area contributed by atoms with Gasteiger partial charge in [0.1, 0.15) is 0 Å². The first-order valence-corrected chi connectivity index (χ1v) is 12.7. The molecule has 1 aromatic heterocycles. The molecule has 0 N–H and O–H groups in total. The van der Waals surface area contributed by atoms with E-state index in [-0.39, 0.29) is 29.8 Å². The zero-order chi connectivity index (χ0) is 24.4. The average molecular weight is 486 g/mol. The second kappa shape index (κ2) is 12.5. The summed E-state index contributed by atoms with van der Waals surface area (Å²) in [7, 11) is -0.568. The molecule has 0 bridgehead atoms. The number of amides is 1. The van der Waals surface area contributed by atoms with Crippen LogP contribution in [0.2, 0.25) is 0 Å². The van der Waals surface area contributed by atoms with E-state index in [2.05, 4.69) is 4.98 Å². The molecule has 0 unspecified atom stereocenters. The summed E-state index contributed by atoms with van der Waals surface area (Å²) < 4.78 is 38.5. The zero-order valence-electron chi connectivity index (χ0n) is 19.6. The van der Waals surface area contributed by atoms with E-state index in [4.69, 9.17) is 9.47 Å². The Morgan fingerprint density at radius 1 is 0.941 bits per heavy atom. The fourth-order valence-corrected chi connectivity index (χ4v) is 5.14. The second-order valence-corrected chi connectivity index (χ2v) is 9.78. The standard InChI is InChI=1S/C25H31N3O5S/c1-32-15-13-27(24(29)17-21-9-5-3-6-10-21)19-23-18-26-25(28(23)14-16-33-2)34(30,31)20-22-11-7-4-8-12-22/h3-12,18H,13-17,19-20H2,1-2H3. The predicted octanol–water partition coefficient (Wildman–Crippen LogP) is 2.72. The Kier molecular flexibility index (Phi) is 9.38. The smallest absolute Gasteiger partial charge is 0.228 e. The van der Waals surface area contributed by atoms with Crippen molar-refractivity contribution in [3.8, 4) is 0 Å². The Morgan fingerprint density at radius 2 is 1.56 bits per heavy atom. The van der Waals surface area contributed by atoms with Gasteiger partial charge >= 0.3 is 0 Å². The fraction of sp³-hybridized carbons (Fsp3) is 0.360. The van der Waals surface area contributed by atoms with Crippen LogP contribution in [0.4, 0.5) is 0 Å². The van der Waals surface area contributed by atoms with E-state index in [1.165, 1.54) is 6.20 Å². The highest BCUT2D eigenvalue weighted by Crippen LogP contribution is 2.19. The van der Waals surface area contributed by atoms with E-state index in [0.717, 1.165) is 5.56 Å². The third kappa shape index (κ3) is 6.99. The van der Waals surface area contributed by atoms with Crippen molar-refractivity contribution in [2.75, 3.05) is 34.0 Å². The summed E-state index contributed by atoms with van der Waals surface area (Å²) in [5.41, 5.74) is 2.22. The molecule has 2 aromatic carbocycles. The van der Waals surface area contributed by atoms with Crippen molar-refractivity contribution in [3.63, 3.8) is 0 Å². The van der Waals surface area contributed by atoms with E-state index >= 15 is 0 Å². The summed E-state index contributed by atoms with van der Waals surface area (Å²) in [6.45, 7) is 1.58. The molecule has 34 heavy (non-hydrogen) atoms. The van der Waals surface area contributed by atoms with Crippen LogP contribution in [0, 0.1) is 0 Å². The molecule has 0 aliphatic carbocycles. The lowest BCUT2D eigenvalue weighted by Gasteiger charge is -2.23. The largest absolute Gasteiger partial charge is 0.383 e. The summed E-state index contributed by atoms with van der Waals surface area (Å²) in [6.07, 6.45) is 1.78. The highest BCUT2D eigenvalue weighted by molar-refractivity contribution is 7.90. The van der Waals surface area contributed by atoms with Crippen LogP contribution in [-0.2, 0) is 49.4 Å². The van der Waals surface area contributed by atoms with Crippen LogP contribution in [0.1, 0.15) is 16.8 Å². The molecule has 0 fully saturated rings. The number of nitrogens with zero attached hydrogens (tertiary/aromatic N) is 3. The molecule has 1 amide bonds. The number of rotatable bonds is 13. The van der Waals surface area contributed by atoms with Crippen molar-refractivity contribution in [3.05, 3.63) is 83.7 Å². The lowest BCUT2D eigenvalue weighted by atomic mass is 10.1. The molecule has 0 spiro atoms. The van der Waals surface area contributed by atoms with E-state index in [1.54, 1.807) is 48.0 Å². The van der Waals surface area contributed by atoms with Crippen molar-refractivity contribution in [1.29, 1.82) is 0 Å². The number of hydrogen-bond acceptors (Lipinski definition) is 6. The van der Waals surface area contributed by atoms with Gasteiger partial charge in [-0.15, -0.1) is 0 Å². The molecule has 0 radical (unpaired) electrons. The van der Waals surface area contributed by atoms with Gasteiger partial charge in [-0.1, -0.05) is 60.7 Å². The number of imidazole rings is 1. The number of carbonyl (C=O) groups is 1. The Bertz CT molecular complexity index is 1150. The van der Waals surface area contributed by atoms with E-state index < -0.39 is 9.84 Å². The van der Waals surface area contributed by atoms with Crippen LogP contribution in [0.3, 0.4) is 0 Å². The number of carbonyl (C=O) groups excluding carboxylic acids is 1. The van der Waals surface area contributed by atoms with Crippen molar-refractivity contribution in [1.82, 2.24) is 14.5 Å². The quantitative estimate of drug-likeness (QED) is 0.370. The molecule has 3 rings (SSSR count). The Labute approximate surface area is 201 Å². The minimum absolute atomic E-state index is 0.0226. The van der Waals surface area contributed by atoms with Crippen molar-refractivity contribution in [2.24, 2.45) is 0 Å². The number of methoxy groups -OCH3 is 2. The fourth-order valence-electron chi connectivity index (χ4n) is 3.62. The maximum atomic E-state index is 13.2. The molecule has 182 valence electrons. The molecule has 0 atom stereocenters. The van der Waals surface area contributed by atoms with Crippen molar-refractivity contribution >= 4 is 15.7 Å². The van der Waals surface area contributed by atoms with Gasteiger partial charge in [0.2, 0.25) is 20.9 Å². The van der Waals surface area contributed by atoms with Crippen LogP contribution in [0.5, 0.6) is 0 Å². The molecule has 8 nitrogen and oxygen atoms in total. The topological polar surface area (TPSA) is 90.7 Å². The second-order valence-electron chi connectivity index (χ2n) is 7.89. The summed E-state index contributed by atoms with van der Waals surface area (Å²) in [6, 6.07) is 18.5. The van der Waals surface area contributed by atoms with Gasteiger partial charge in [0.25, 0.3) is 0 Å². The maximum absolute atomic E-state index is 13.2.